The summed E-state index contributed by atoms with van der Waals surface area (Å²) in [6.45, 7) is 8.89. The van der Waals surface area contributed by atoms with Gasteiger partial charge in [0.2, 0.25) is 0 Å². The molecule has 0 unspecified atom stereocenters. The molecule has 1 N–H and O–H groups in total. The molecule has 0 bridgehead atoms. The van der Waals surface area contributed by atoms with Crippen LogP contribution in [0.5, 0.6) is 0 Å². The Morgan fingerprint density at radius 1 is 0.919 bits per heavy atom. The van der Waals surface area contributed by atoms with Crippen LogP contribution in [0, 0.1) is 11.8 Å². The molecule has 1 amide bonds. The molecule has 1 aliphatic carbocycles. The van der Waals surface area contributed by atoms with E-state index in [1.165, 1.54) is 22.3 Å². The Bertz CT molecular complexity index is 1310. The van der Waals surface area contributed by atoms with Gasteiger partial charge in [-0.1, -0.05) is 72.5 Å². The van der Waals surface area contributed by atoms with Crippen molar-refractivity contribution in [3.8, 4) is 23.0 Å². The molecule has 0 aromatic heterocycles. The molecule has 37 heavy (non-hydrogen) atoms. The highest BCUT2D eigenvalue weighted by Crippen LogP contribution is 2.44. The molecule has 3 aromatic rings. The lowest BCUT2D eigenvalue weighted by Gasteiger charge is -2.32. The number of ether oxygens (including phenoxy) is 1. The minimum atomic E-state index is -0.425. The van der Waals surface area contributed by atoms with Crippen LogP contribution in [0.25, 0.3) is 11.1 Å². The largest absolute Gasteiger partial charge is 0.494 e. The molecule has 5 nitrogen and oxygen atoms in total. The molecule has 0 atom stereocenters. The van der Waals surface area contributed by atoms with Gasteiger partial charge in [0.15, 0.2) is 0 Å². The van der Waals surface area contributed by atoms with E-state index in [2.05, 4.69) is 41.4 Å². The number of alkyl carbamates (subject to hydrolysis) is 1. The average Bonchev–Trinajstić information content (AvgIpc) is 3.32. The van der Waals surface area contributed by atoms with Crippen molar-refractivity contribution >= 4 is 18.7 Å². The summed E-state index contributed by atoms with van der Waals surface area (Å²) < 4.78 is 17.9. The van der Waals surface area contributed by atoms with E-state index >= 15 is 0 Å². The van der Waals surface area contributed by atoms with Crippen LogP contribution >= 0.6 is 0 Å². The van der Waals surface area contributed by atoms with Crippen molar-refractivity contribution in [3.63, 3.8) is 0 Å². The minimum absolute atomic E-state index is 0.0502. The summed E-state index contributed by atoms with van der Waals surface area (Å²) >= 11 is 0. The molecular weight excluding hydrogens is 461 g/mol. The van der Waals surface area contributed by atoms with E-state index in [-0.39, 0.29) is 17.1 Å². The summed E-state index contributed by atoms with van der Waals surface area (Å²) in [5.41, 5.74) is 5.88. The van der Waals surface area contributed by atoms with Gasteiger partial charge in [-0.05, 0) is 67.5 Å². The third-order valence-corrected chi connectivity index (χ3v) is 7.51. The Hall–Kier alpha value is -3.53. The highest BCUT2D eigenvalue weighted by Gasteiger charge is 2.51. The summed E-state index contributed by atoms with van der Waals surface area (Å²) in [6, 6.07) is 24.5. The van der Waals surface area contributed by atoms with Crippen LogP contribution in [0.15, 0.2) is 72.8 Å². The van der Waals surface area contributed by atoms with E-state index in [1.807, 2.05) is 76.2 Å². The van der Waals surface area contributed by atoms with Crippen molar-refractivity contribution < 1.29 is 18.8 Å². The number of benzene rings is 3. The monoisotopic (exact) mass is 493 g/mol. The Morgan fingerprint density at radius 2 is 1.54 bits per heavy atom. The Morgan fingerprint density at radius 3 is 2.19 bits per heavy atom. The predicted octanol–water partition coefficient (Wildman–Crippen LogP) is 5.27. The van der Waals surface area contributed by atoms with Crippen molar-refractivity contribution in [1.82, 2.24) is 5.32 Å². The van der Waals surface area contributed by atoms with E-state index in [1.54, 1.807) is 0 Å². The number of rotatable bonds is 5. The fourth-order valence-corrected chi connectivity index (χ4v) is 4.78. The fraction of sp³-hybridized carbons (Fsp3) is 0.323. The van der Waals surface area contributed by atoms with Crippen LogP contribution in [-0.4, -0.2) is 37.6 Å². The van der Waals surface area contributed by atoms with Crippen molar-refractivity contribution in [3.05, 3.63) is 89.5 Å². The Balaban J connectivity index is 1.11. The first-order valence-electron chi connectivity index (χ1n) is 12.8. The molecule has 1 aliphatic heterocycles. The lowest BCUT2D eigenvalue weighted by molar-refractivity contribution is 0.00578. The number of hydrogen-bond acceptors (Lipinski definition) is 4. The van der Waals surface area contributed by atoms with Crippen molar-refractivity contribution in [2.24, 2.45) is 0 Å². The van der Waals surface area contributed by atoms with Crippen LogP contribution in [-0.2, 0) is 14.0 Å². The van der Waals surface area contributed by atoms with Crippen molar-refractivity contribution in [2.45, 2.75) is 51.2 Å². The summed E-state index contributed by atoms with van der Waals surface area (Å²) in [4.78, 5) is 12.3. The average molecular weight is 493 g/mol. The van der Waals surface area contributed by atoms with Gasteiger partial charge in [0.25, 0.3) is 0 Å². The van der Waals surface area contributed by atoms with E-state index in [9.17, 15) is 4.79 Å². The van der Waals surface area contributed by atoms with E-state index in [0.717, 1.165) is 11.0 Å². The second-order valence-corrected chi connectivity index (χ2v) is 10.5. The molecular formula is C31H32BNO4. The van der Waals surface area contributed by atoms with Crippen molar-refractivity contribution in [2.75, 3.05) is 13.2 Å². The van der Waals surface area contributed by atoms with Gasteiger partial charge < -0.3 is 19.4 Å². The number of fused-ring (bicyclic) bond motifs is 3. The first-order chi connectivity index (χ1) is 17.7. The molecule has 1 saturated heterocycles. The first kappa shape index (κ1) is 25.1. The summed E-state index contributed by atoms with van der Waals surface area (Å²) in [6.07, 6.45) is 0.0942. The second kappa shape index (κ2) is 10.1. The minimum Gasteiger partial charge on any atom is -0.449 e. The molecule has 0 spiro atoms. The highest BCUT2D eigenvalue weighted by atomic mass is 16.7. The van der Waals surface area contributed by atoms with Gasteiger partial charge in [-0.15, -0.1) is 0 Å². The number of carbonyl (C=O) groups is 1. The number of hydrogen-bond donors (Lipinski definition) is 1. The van der Waals surface area contributed by atoms with Gasteiger partial charge in [0.05, 0.1) is 11.2 Å². The van der Waals surface area contributed by atoms with Crippen LogP contribution in [0.2, 0.25) is 0 Å². The van der Waals surface area contributed by atoms with Crippen molar-refractivity contribution in [1.29, 1.82) is 0 Å². The van der Waals surface area contributed by atoms with Gasteiger partial charge in [-0.3, -0.25) is 0 Å². The third-order valence-electron chi connectivity index (χ3n) is 7.51. The van der Waals surface area contributed by atoms with E-state index in [4.69, 9.17) is 14.0 Å². The van der Waals surface area contributed by atoms with Crippen LogP contribution in [0.4, 0.5) is 4.79 Å². The number of amides is 1. The Kier molecular flexibility index (Phi) is 6.85. The topological polar surface area (TPSA) is 56.8 Å². The number of nitrogens with one attached hydrogen (secondary N) is 1. The lowest BCUT2D eigenvalue weighted by atomic mass is 9.78. The number of carbonyl (C=O) groups excluding carboxylic acids is 1. The van der Waals surface area contributed by atoms with Crippen LogP contribution in [0.3, 0.4) is 0 Å². The highest BCUT2D eigenvalue weighted by molar-refractivity contribution is 6.62. The molecule has 188 valence electrons. The molecule has 2 aliphatic rings. The van der Waals surface area contributed by atoms with Crippen LogP contribution < -0.4 is 10.8 Å². The Labute approximate surface area is 219 Å². The summed E-state index contributed by atoms with van der Waals surface area (Å²) in [5, 5.41) is 2.81. The fourth-order valence-electron chi connectivity index (χ4n) is 4.78. The lowest BCUT2D eigenvalue weighted by Crippen LogP contribution is -2.41. The SMILES string of the molecule is CC1(C)OB(c2cccc(C#CCCNC(=O)OCC3c4ccccc4-c4ccccc43)c2)OC1(C)C. The van der Waals surface area contributed by atoms with Crippen LogP contribution in [0.1, 0.15) is 56.7 Å². The second-order valence-electron chi connectivity index (χ2n) is 10.5. The van der Waals surface area contributed by atoms with E-state index in [0.29, 0.717) is 19.6 Å². The molecule has 1 heterocycles. The summed E-state index contributed by atoms with van der Waals surface area (Å²) in [5.74, 6) is 6.35. The quantitative estimate of drug-likeness (QED) is 0.299. The van der Waals surface area contributed by atoms with Gasteiger partial charge in [-0.25, -0.2) is 4.79 Å². The molecule has 5 rings (SSSR count). The molecule has 3 aromatic carbocycles. The normalized spacial score (nSPS) is 16.9. The summed E-state index contributed by atoms with van der Waals surface area (Å²) in [7, 11) is -0.415. The molecule has 1 fully saturated rings. The van der Waals surface area contributed by atoms with Gasteiger partial charge in [-0.2, -0.15) is 0 Å². The van der Waals surface area contributed by atoms with Gasteiger partial charge in [0, 0.05) is 24.4 Å². The molecule has 6 heteroatoms. The van der Waals surface area contributed by atoms with Gasteiger partial charge in [0.1, 0.15) is 6.61 Å². The maximum atomic E-state index is 12.3. The standard InChI is InChI=1S/C31H32BNO4/c1-30(2)31(3,4)37-32(36-30)23-14-11-13-22(20-23)12-9-10-19-33-29(34)35-21-28-26-17-7-5-15-24(26)25-16-6-8-18-27(25)28/h5-8,11,13-18,20,28H,10,19,21H2,1-4H3,(H,33,34). The maximum Gasteiger partial charge on any atom is 0.494 e. The smallest absolute Gasteiger partial charge is 0.449 e. The zero-order valence-corrected chi connectivity index (χ0v) is 21.8. The zero-order valence-electron chi connectivity index (χ0n) is 21.8. The van der Waals surface area contributed by atoms with Gasteiger partial charge >= 0.3 is 13.2 Å². The molecule has 0 radical (unpaired) electrons. The predicted molar refractivity (Wildman–Crippen MR) is 147 cm³/mol. The first-order valence-corrected chi connectivity index (χ1v) is 12.8. The molecule has 0 saturated carbocycles. The van der Waals surface area contributed by atoms with E-state index < -0.39 is 13.2 Å². The maximum absolute atomic E-state index is 12.3. The zero-order chi connectivity index (χ0) is 26.0. The third kappa shape index (κ3) is 5.16.